The SMILES string of the molecule is CN(C)c1ncc(OCc2ccccc2)c2c1C[C@H]1C[C@H]3[C@H](N)c4onc(OCc5ccccc5)c4C(=O)[C@@]3(O[Si](C)(C)C(C)(C)C)C(=O)C1=C2O. The van der Waals surface area contributed by atoms with E-state index in [1.807, 2.05) is 114 Å². The van der Waals surface area contributed by atoms with Gasteiger partial charge >= 0.3 is 0 Å². The minimum absolute atomic E-state index is 0.00691. The van der Waals surface area contributed by atoms with Crippen LogP contribution < -0.4 is 20.1 Å². The highest BCUT2D eigenvalue weighted by Crippen LogP contribution is 2.58. The number of pyridine rings is 1. The Kier molecular flexibility index (Phi) is 8.91. The Hall–Kier alpha value is -4.78. The first-order valence-electron chi connectivity index (χ1n) is 17.7. The van der Waals surface area contributed by atoms with Crippen LogP contribution >= 0.6 is 0 Å². The van der Waals surface area contributed by atoms with Gasteiger partial charge in [-0.2, -0.15) is 0 Å². The first kappa shape index (κ1) is 35.6. The molecular formula is C40H46N4O7Si. The van der Waals surface area contributed by atoms with Crippen LogP contribution in [0.2, 0.25) is 18.1 Å². The predicted molar refractivity (Wildman–Crippen MR) is 199 cm³/mol. The van der Waals surface area contributed by atoms with Crippen molar-refractivity contribution in [3.8, 4) is 11.6 Å². The van der Waals surface area contributed by atoms with E-state index in [-0.39, 0.29) is 53.2 Å². The lowest BCUT2D eigenvalue weighted by Crippen LogP contribution is -2.68. The first-order valence-corrected chi connectivity index (χ1v) is 20.6. The van der Waals surface area contributed by atoms with Crippen molar-refractivity contribution in [1.29, 1.82) is 0 Å². The molecule has 3 aliphatic rings. The average molecular weight is 723 g/mol. The topological polar surface area (TPSA) is 150 Å². The Balaban J connectivity index is 1.38. The van der Waals surface area contributed by atoms with Gasteiger partial charge in [-0.15, -0.1) is 0 Å². The van der Waals surface area contributed by atoms with Gasteiger partial charge < -0.3 is 34.2 Å². The number of aromatic nitrogens is 2. The number of ether oxygens (including phenoxy) is 2. The Morgan fingerprint density at radius 1 is 0.962 bits per heavy atom. The number of benzene rings is 2. The van der Waals surface area contributed by atoms with Gasteiger partial charge in [0.15, 0.2) is 19.7 Å². The van der Waals surface area contributed by atoms with E-state index in [1.54, 1.807) is 6.20 Å². The molecule has 0 saturated heterocycles. The number of hydrogen-bond donors (Lipinski definition) is 2. The second-order valence-corrected chi connectivity index (χ2v) is 20.5. The highest BCUT2D eigenvalue weighted by Gasteiger charge is 2.68. The fourth-order valence-electron chi connectivity index (χ4n) is 7.53. The fraction of sp³-hybridized carbons (Fsp3) is 0.400. The molecule has 0 bridgehead atoms. The Bertz CT molecular complexity index is 2050. The van der Waals surface area contributed by atoms with Crippen LogP contribution in [0.25, 0.3) is 5.76 Å². The van der Waals surface area contributed by atoms with Crippen molar-refractivity contribution >= 4 is 31.5 Å². The van der Waals surface area contributed by atoms with Crippen LogP contribution in [0.1, 0.15) is 71.6 Å². The summed E-state index contributed by atoms with van der Waals surface area (Å²) in [4.78, 5) is 37.3. The van der Waals surface area contributed by atoms with E-state index in [2.05, 4.69) is 5.16 Å². The molecular weight excluding hydrogens is 677 g/mol. The lowest BCUT2D eigenvalue weighted by molar-refractivity contribution is -0.138. The second kappa shape index (κ2) is 13.0. The number of ketones is 2. The predicted octanol–water partition coefficient (Wildman–Crippen LogP) is 6.98. The summed E-state index contributed by atoms with van der Waals surface area (Å²) in [6.45, 7) is 10.5. The van der Waals surface area contributed by atoms with E-state index in [0.717, 1.165) is 16.7 Å². The smallest absolute Gasteiger partial charge is 0.265 e. The first-order chi connectivity index (χ1) is 24.7. The molecule has 12 heteroatoms. The second-order valence-electron chi connectivity index (χ2n) is 15.8. The highest BCUT2D eigenvalue weighted by atomic mass is 28.4. The molecule has 272 valence electrons. The molecule has 0 amide bonds. The molecule has 3 N–H and O–H groups in total. The van der Waals surface area contributed by atoms with Crippen LogP contribution in [0.4, 0.5) is 5.82 Å². The van der Waals surface area contributed by atoms with Gasteiger partial charge in [0.2, 0.25) is 11.6 Å². The third kappa shape index (κ3) is 5.73. The Labute approximate surface area is 304 Å². The van der Waals surface area contributed by atoms with Gasteiger partial charge in [-0.3, -0.25) is 9.59 Å². The van der Waals surface area contributed by atoms with Crippen LogP contribution in [0.3, 0.4) is 0 Å². The number of carbonyl (C=O) groups excluding carboxylic acids is 2. The van der Waals surface area contributed by atoms with E-state index >= 15 is 9.59 Å². The minimum Gasteiger partial charge on any atom is -0.507 e. The van der Waals surface area contributed by atoms with Crippen molar-refractivity contribution in [2.75, 3.05) is 19.0 Å². The van der Waals surface area contributed by atoms with Crippen LogP contribution in [-0.4, -0.2) is 54.8 Å². The minimum atomic E-state index is -2.88. The van der Waals surface area contributed by atoms with Crippen LogP contribution in [-0.2, 0) is 28.9 Å². The summed E-state index contributed by atoms with van der Waals surface area (Å²) in [6.07, 6.45) is 2.22. The number of nitrogens with zero attached hydrogens (tertiary/aromatic N) is 3. The molecule has 2 aromatic heterocycles. The van der Waals surface area contributed by atoms with Gasteiger partial charge in [0, 0.05) is 31.1 Å². The van der Waals surface area contributed by atoms with Gasteiger partial charge in [-0.25, -0.2) is 4.98 Å². The molecule has 11 nitrogen and oxygen atoms in total. The highest BCUT2D eigenvalue weighted by molar-refractivity contribution is 6.74. The van der Waals surface area contributed by atoms with Crippen LogP contribution in [0.5, 0.6) is 11.6 Å². The van der Waals surface area contributed by atoms with Crippen molar-refractivity contribution in [2.24, 2.45) is 17.6 Å². The number of aliphatic hydroxyl groups is 1. The molecule has 7 rings (SSSR count). The van der Waals surface area contributed by atoms with E-state index in [9.17, 15) is 5.11 Å². The Morgan fingerprint density at radius 2 is 1.58 bits per heavy atom. The summed E-state index contributed by atoms with van der Waals surface area (Å²) in [5, 5.41) is 16.1. The van der Waals surface area contributed by atoms with Crippen molar-refractivity contribution in [3.63, 3.8) is 0 Å². The summed E-state index contributed by atoms with van der Waals surface area (Å²) < 4.78 is 25.2. The maximum absolute atomic E-state index is 15.5. The molecule has 0 aliphatic heterocycles. The maximum Gasteiger partial charge on any atom is 0.265 e. The number of fused-ring (bicyclic) bond motifs is 4. The van der Waals surface area contributed by atoms with Gasteiger partial charge in [0.05, 0.1) is 17.8 Å². The number of hydrogen-bond acceptors (Lipinski definition) is 11. The number of anilines is 1. The van der Waals surface area contributed by atoms with Gasteiger partial charge in [-0.1, -0.05) is 81.4 Å². The average Bonchev–Trinajstić information content (AvgIpc) is 3.54. The third-order valence-corrected chi connectivity index (χ3v) is 15.6. The van der Waals surface area contributed by atoms with E-state index in [4.69, 9.17) is 29.1 Å². The molecule has 0 spiro atoms. The summed E-state index contributed by atoms with van der Waals surface area (Å²) in [6, 6.07) is 18.2. The van der Waals surface area contributed by atoms with E-state index in [1.165, 1.54) is 0 Å². The van der Waals surface area contributed by atoms with E-state index in [0.29, 0.717) is 23.6 Å². The molecule has 3 aliphatic carbocycles. The Morgan fingerprint density at radius 3 is 2.17 bits per heavy atom. The van der Waals surface area contributed by atoms with E-state index < -0.39 is 43.4 Å². The van der Waals surface area contributed by atoms with Gasteiger partial charge in [0.25, 0.3) is 5.88 Å². The number of Topliss-reactive ketones (excluding diaryl/α,β-unsaturated/α-hetero) is 2. The molecule has 1 saturated carbocycles. The number of carbonyl (C=O) groups is 2. The van der Waals surface area contributed by atoms with Crippen molar-refractivity contribution < 1.29 is 33.1 Å². The molecule has 1 fully saturated rings. The number of rotatable bonds is 9. The van der Waals surface area contributed by atoms with Crippen LogP contribution in [0, 0.1) is 11.8 Å². The zero-order valence-electron chi connectivity index (χ0n) is 30.7. The van der Waals surface area contributed by atoms with Crippen molar-refractivity contribution in [2.45, 2.75) is 76.6 Å². The quantitative estimate of drug-likeness (QED) is 0.136. The molecule has 2 heterocycles. The fourth-order valence-corrected chi connectivity index (χ4v) is 8.98. The molecule has 0 unspecified atom stereocenters. The summed E-state index contributed by atoms with van der Waals surface area (Å²) >= 11 is 0. The maximum atomic E-state index is 15.5. The summed E-state index contributed by atoms with van der Waals surface area (Å²) in [5.41, 5.74) is 8.06. The normalized spacial score (nSPS) is 22.7. The van der Waals surface area contributed by atoms with Crippen molar-refractivity contribution in [3.05, 3.63) is 106 Å². The lowest BCUT2D eigenvalue weighted by Gasteiger charge is -2.53. The van der Waals surface area contributed by atoms with Gasteiger partial charge in [-0.05, 0) is 53.2 Å². The van der Waals surface area contributed by atoms with Crippen molar-refractivity contribution in [1.82, 2.24) is 10.1 Å². The molecule has 0 radical (unpaired) electrons. The molecule has 4 aromatic rings. The monoisotopic (exact) mass is 722 g/mol. The molecule has 2 aromatic carbocycles. The van der Waals surface area contributed by atoms with Gasteiger partial charge in [0.1, 0.15) is 36.1 Å². The zero-order chi connectivity index (χ0) is 37.2. The molecule has 52 heavy (non-hydrogen) atoms. The number of nitrogens with two attached hydrogens (primary N) is 1. The lowest BCUT2D eigenvalue weighted by atomic mass is 9.57. The third-order valence-electron chi connectivity index (χ3n) is 11.2. The molecule has 4 atom stereocenters. The summed E-state index contributed by atoms with van der Waals surface area (Å²) in [7, 11) is 0.880. The van der Waals surface area contributed by atoms with Crippen LogP contribution in [0.15, 0.2) is 77.0 Å². The summed E-state index contributed by atoms with van der Waals surface area (Å²) in [5.74, 6) is -1.62. The standard InChI is InChI=1S/C40H46N4O7Si/c1-39(2,3)52(6,7)51-40-27(32(41)34-31(36(40)47)38(43-50-34)49-22-24-16-12-9-13-17-24)19-25-18-26-30(33(45)29(25)35(40)46)28(20-42-37(26)44(4)5)48-21-23-14-10-8-11-15-23/h8-17,20,25,27,32,45H,18-19,21-22,41H2,1-7H3/t25-,27-,32-,40-/m0/s1. The largest absolute Gasteiger partial charge is 0.507 e. The number of aliphatic hydroxyl groups excluding tert-OH is 1. The zero-order valence-corrected chi connectivity index (χ0v) is 31.7.